The van der Waals surface area contributed by atoms with Crippen molar-refractivity contribution in [2.75, 3.05) is 5.88 Å². The van der Waals surface area contributed by atoms with Crippen molar-refractivity contribution in [1.29, 1.82) is 5.26 Å². The molecule has 1 rings (SSSR count). The van der Waals surface area contributed by atoms with Gasteiger partial charge in [-0.3, -0.25) is 4.79 Å². The van der Waals surface area contributed by atoms with Crippen LogP contribution in [0.2, 0.25) is 0 Å². The normalized spacial score (nSPS) is 9.57. The molecule has 0 aliphatic rings. The van der Waals surface area contributed by atoms with E-state index in [4.69, 9.17) is 16.9 Å². The van der Waals surface area contributed by atoms with Gasteiger partial charge in [0, 0.05) is 3.57 Å². The van der Waals surface area contributed by atoms with Crippen molar-refractivity contribution in [1.82, 2.24) is 0 Å². The Balaban J connectivity index is 3.45. The summed E-state index contributed by atoms with van der Waals surface area (Å²) in [7, 11) is 0. The molecule has 1 aromatic carbocycles. The van der Waals surface area contributed by atoms with E-state index in [0.29, 0.717) is 3.57 Å². The zero-order valence-corrected chi connectivity index (χ0v) is 9.76. The summed E-state index contributed by atoms with van der Waals surface area (Å²) in [5.74, 6) is -1.57. The Bertz CT molecular complexity index is 428. The molecular formula is C9H4ClFINO. The Morgan fingerprint density at radius 2 is 2.29 bits per heavy atom. The van der Waals surface area contributed by atoms with Gasteiger partial charge < -0.3 is 0 Å². The minimum Gasteiger partial charge on any atom is -0.293 e. The van der Waals surface area contributed by atoms with Crippen molar-refractivity contribution in [3.05, 3.63) is 32.6 Å². The molecule has 0 aromatic heterocycles. The molecule has 72 valence electrons. The SMILES string of the molecule is N#Cc1ccc(I)c(F)c1C(=O)CCl. The first kappa shape index (κ1) is 11.4. The number of hydrogen-bond acceptors (Lipinski definition) is 2. The summed E-state index contributed by atoms with van der Waals surface area (Å²) < 4.78 is 13.7. The van der Waals surface area contributed by atoms with Crippen LogP contribution >= 0.6 is 34.2 Å². The number of alkyl halides is 1. The number of Topliss-reactive ketones (excluding diaryl/α,β-unsaturated/α-hetero) is 1. The first-order valence-corrected chi connectivity index (χ1v) is 5.20. The fourth-order valence-electron chi connectivity index (χ4n) is 0.983. The van der Waals surface area contributed by atoms with Crippen molar-refractivity contribution >= 4 is 40.0 Å². The zero-order chi connectivity index (χ0) is 10.7. The van der Waals surface area contributed by atoms with Gasteiger partial charge in [0.25, 0.3) is 0 Å². The third kappa shape index (κ3) is 2.04. The topological polar surface area (TPSA) is 40.9 Å². The van der Waals surface area contributed by atoms with E-state index in [1.807, 2.05) is 0 Å². The molecule has 0 unspecified atom stereocenters. The maximum Gasteiger partial charge on any atom is 0.181 e. The smallest absolute Gasteiger partial charge is 0.181 e. The lowest BCUT2D eigenvalue weighted by Crippen LogP contribution is -2.08. The highest BCUT2D eigenvalue weighted by atomic mass is 127. The summed E-state index contributed by atoms with van der Waals surface area (Å²) in [6, 6.07) is 4.61. The van der Waals surface area contributed by atoms with Crippen LogP contribution in [0.25, 0.3) is 0 Å². The van der Waals surface area contributed by atoms with Crippen molar-refractivity contribution in [2.45, 2.75) is 0 Å². The number of nitriles is 1. The second-order valence-corrected chi connectivity index (χ2v) is 3.88. The number of carbonyl (C=O) groups is 1. The van der Waals surface area contributed by atoms with E-state index in [-0.39, 0.29) is 17.0 Å². The molecule has 0 radical (unpaired) electrons. The third-order valence-electron chi connectivity index (χ3n) is 1.62. The van der Waals surface area contributed by atoms with E-state index >= 15 is 0 Å². The monoisotopic (exact) mass is 323 g/mol. The van der Waals surface area contributed by atoms with Gasteiger partial charge in [-0.05, 0) is 34.7 Å². The van der Waals surface area contributed by atoms with E-state index in [0.717, 1.165) is 0 Å². The van der Waals surface area contributed by atoms with Crippen molar-refractivity contribution < 1.29 is 9.18 Å². The highest BCUT2D eigenvalue weighted by molar-refractivity contribution is 14.1. The van der Waals surface area contributed by atoms with E-state index in [1.54, 1.807) is 28.7 Å². The fourth-order valence-corrected chi connectivity index (χ4v) is 1.57. The molecule has 0 fully saturated rings. The summed E-state index contributed by atoms with van der Waals surface area (Å²) in [5.41, 5.74) is -0.192. The van der Waals surface area contributed by atoms with Gasteiger partial charge in [-0.25, -0.2) is 4.39 Å². The first-order valence-electron chi connectivity index (χ1n) is 3.59. The number of ketones is 1. The molecule has 0 aliphatic carbocycles. The lowest BCUT2D eigenvalue weighted by molar-refractivity contribution is 0.101. The van der Waals surface area contributed by atoms with E-state index in [2.05, 4.69) is 0 Å². The van der Waals surface area contributed by atoms with Gasteiger partial charge in [-0.15, -0.1) is 11.6 Å². The third-order valence-corrected chi connectivity index (χ3v) is 2.69. The second-order valence-electron chi connectivity index (χ2n) is 2.45. The number of rotatable bonds is 2. The quantitative estimate of drug-likeness (QED) is 0.477. The molecule has 2 nitrogen and oxygen atoms in total. The Labute approximate surface area is 98.8 Å². The first-order chi connectivity index (χ1) is 6.61. The van der Waals surface area contributed by atoms with Crippen LogP contribution in [0, 0.1) is 20.7 Å². The molecule has 0 amide bonds. The molecule has 0 spiro atoms. The maximum atomic E-state index is 13.4. The van der Waals surface area contributed by atoms with Gasteiger partial charge in [0.2, 0.25) is 0 Å². The van der Waals surface area contributed by atoms with Crippen molar-refractivity contribution in [3.8, 4) is 6.07 Å². The number of benzene rings is 1. The molecule has 14 heavy (non-hydrogen) atoms. The van der Waals surface area contributed by atoms with Gasteiger partial charge >= 0.3 is 0 Å². The number of carbonyl (C=O) groups excluding carboxylic acids is 1. The molecular weight excluding hydrogens is 319 g/mol. The minimum atomic E-state index is -0.671. The van der Waals surface area contributed by atoms with Gasteiger partial charge in [0.05, 0.1) is 23.1 Å². The Morgan fingerprint density at radius 1 is 1.64 bits per heavy atom. The van der Waals surface area contributed by atoms with Crippen LogP contribution in [0.5, 0.6) is 0 Å². The van der Waals surface area contributed by atoms with Crippen LogP contribution in [0.1, 0.15) is 15.9 Å². The molecule has 0 bridgehead atoms. The largest absolute Gasteiger partial charge is 0.293 e. The molecule has 0 saturated carbocycles. The molecule has 0 heterocycles. The molecule has 0 atom stereocenters. The number of halogens is 3. The molecule has 1 aromatic rings. The van der Waals surface area contributed by atoms with Gasteiger partial charge in [-0.1, -0.05) is 0 Å². The average Bonchev–Trinajstić information content (AvgIpc) is 2.20. The zero-order valence-electron chi connectivity index (χ0n) is 6.85. The van der Waals surface area contributed by atoms with Gasteiger partial charge in [-0.2, -0.15) is 5.26 Å². The van der Waals surface area contributed by atoms with Crippen LogP contribution in [0.15, 0.2) is 12.1 Å². The highest BCUT2D eigenvalue weighted by Crippen LogP contribution is 2.19. The minimum absolute atomic E-state index is 0.0218. The fraction of sp³-hybridized carbons (Fsp3) is 0.111. The van der Waals surface area contributed by atoms with Crippen LogP contribution in [-0.2, 0) is 0 Å². The summed E-state index contributed by atoms with van der Waals surface area (Å²) in [6.07, 6.45) is 0. The predicted octanol–water partition coefficient (Wildman–Crippen LogP) is 2.72. The number of nitrogens with zero attached hydrogens (tertiary/aromatic N) is 1. The Hall–Kier alpha value is -0.670. The lowest BCUT2D eigenvalue weighted by Gasteiger charge is -2.03. The van der Waals surface area contributed by atoms with Crippen LogP contribution < -0.4 is 0 Å². The molecule has 0 aliphatic heterocycles. The van der Waals surface area contributed by atoms with Gasteiger partial charge in [0.1, 0.15) is 5.82 Å². The van der Waals surface area contributed by atoms with E-state index in [1.165, 1.54) is 12.1 Å². The Morgan fingerprint density at radius 3 is 2.79 bits per heavy atom. The van der Waals surface area contributed by atoms with Crippen molar-refractivity contribution in [3.63, 3.8) is 0 Å². The highest BCUT2D eigenvalue weighted by Gasteiger charge is 2.18. The lowest BCUT2D eigenvalue weighted by atomic mass is 10.0. The summed E-state index contributed by atoms with van der Waals surface area (Å²) in [5, 5.41) is 8.66. The number of hydrogen-bond donors (Lipinski definition) is 0. The summed E-state index contributed by atoms with van der Waals surface area (Å²) in [4.78, 5) is 11.2. The van der Waals surface area contributed by atoms with Crippen molar-refractivity contribution in [2.24, 2.45) is 0 Å². The molecule has 0 N–H and O–H groups in total. The van der Waals surface area contributed by atoms with E-state index in [9.17, 15) is 9.18 Å². The summed E-state index contributed by atoms with van der Waals surface area (Å²) in [6.45, 7) is 0. The van der Waals surface area contributed by atoms with Crippen LogP contribution in [0.3, 0.4) is 0 Å². The standard InChI is InChI=1S/C9H4ClFINO/c10-3-7(14)8-5(4-13)1-2-6(12)9(8)11/h1-2H,3H2. The van der Waals surface area contributed by atoms with E-state index < -0.39 is 11.6 Å². The van der Waals surface area contributed by atoms with Gasteiger partial charge in [0.15, 0.2) is 5.78 Å². The Kier molecular flexibility index (Phi) is 3.84. The maximum absolute atomic E-state index is 13.4. The van der Waals surface area contributed by atoms with Crippen LogP contribution in [0.4, 0.5) is 4.39 Å². The molecule has 5 heteroatoms. The predicted molar refractivity (Wildman–Crippen MR) is 58.9 cm³/mol. The average molecular weight is 323 g/mol. The second kappa shape index (κ2) is 4.71. The molecule has 0 saturated heterocycles. The van der Waals surface area contributed by atoms with Crippen LogP contribution in [-0.4, -0.2) is 11.7 Å². The summed E-state index contributed by atoms with van der Waals surface area (Å²) >= 11 is 7.06.